The van der Waals surface area contributed by atoms with E-state index in [1.54, 1.807) is 0 Å². The van der Waals surface area contributed by atoms with Crippen LogP contribution in [0.5, 0.6) is 0 Å². The summed E-state index contributed by atoms with van der Waals surface area (Å²) in [5, 5.41) is -0.865. The third kappa shape index (κ3) is 3.00. The Bertz CT molecular complexity index is 547. The third-order valence-electron chi connectivity index (χ3n) is 2.43. The van der Waals surface area contributed by atoms with Crippen molar-refractivity contribution in [2.45, 2.75) is 19.9 Å². The molecule has 7 heteroatoms. The first-order valence-electron chi connectivity index (χ1n) is 5.27. The van der Waals surface area contributed by atoms with Crippen molar-refractivity contribution in [2.75, 3.05) is 10.1 Å². The van der Waals surface area contributed by atoms with Crippen molar-refractivity contribution in [3.05, 3.63) is 30.1 Å². The summed E-state index contributed by atoms with van der Waals surface area (Å²) in [6, 6.07) is 4.18. The first kappa shape index (κ1) is 14.9. The van der Waals surface area contributed by atoms with Crippen molar-refractivity contribution >= 4 is 32.6 Å². The van der Waals surface area contributed by atoms with Crippen molar-refractivity contribution in [2.24, 2.45) is 0 Å². The highest BCUT2D eigenvalue weighted by Crippen LogP contribution is 2.25. The van der Waals surface area contributed by atoms with Crippen molar-refractivity contribution in [1.82, 2.24) is 0 Å². The minimum Gasteiger partial charge on any atom is -0.279 e. The van der Waals surface area contributed by atoms with Crippen molar-refractivity contribution in [1.29, 1.82) is 0 Å². The van der Waals surface area contributed by atoms with Gasteiger partial charge in [0.15, 0.2) is 0 Å². The molecule has 4 nitrogen and oxygen atoms in total. The molecule has 0 heterocycles. The highest BCUT2D eigenvalue weighted by molar-refractivity contribution is 7.92. The molecule has 1 unspecified atom stereocenters. The van der Waals surface area contributed by atoms with Gasteiger partial charge in [-0.3, -0.25) is 9.10 Å². The molecule has 18 heavy (non-hydrogen) atoms. The number of halogens is 2. The van der Waals surface area contributed by atoms with Crippen LogP contribution in [0.25, 0.3) is 0 Å². The molecule has 100 valence electrons. The lowest BCUT2D eigenvalue weighted by Crippen LogP contribution is -2.43. The maximum atomic E-state index is 13.7. The highest BCUT2D eigenvalue weighted by atomic mass is 35.5. The fourth-order valence-electron chi connectivity index (χ4n) is 1.46. The van der Waals surface area contributed by atoms with Gasteiger partial charge in [-0.25, -0.2) is 12.8 Å². The minimum atomic E-state index is -3.79. The van der Waals surface area contributed by atoms with Crippen molar-refractivity contribution < 1.29 is 17.6 Å². The fraction of sp³-hybridized carbons (Fsp3) is 0.364. The Labute approximate surface area is 110 Å². The number of carbonyl (C=O) groups is 1. The van der Waals surface area contributed by atoms with Crippen molar-refractivity contribution in [3.8, 4) is 0 Å². The van der Waals surface area contributed by atoms with E-state index >= 15 is 0 Å². The number of nitrogens with zero attached hydrogens (tertiary/aromatic N) is 1. The predicted molar refractivity (Wildman–Crippen MR) is 68.7 cm³/mol. The molecule has 0 bridgehead atoms. The second-order valence-corrected chi connectivity index (χ2v) is 6.13. The third-order valence-corrected chi connectivity index (χ3v) is 4.59. The van der Waals surface area contributed by atoms with E-state index in [2.05, 4.69) is 0 Å². The van der Waals surface area contributed by atoms with Gasteiger partial charge in [0.1, 0.15) is 11.9 Å². The minimum absolute atomic E-state index is 0.180. The Morgan fingerprint density at radius 1 is 1.44 bits per heavy atom. The average Bonchev–Trinajstić information content (AvgIpc) is 2.31. The van der Waals surface area contributed by atoms with Gasteiger partial charge in [0, 0.05) is 0 Å². The summed E-state index contributed by atoms with van der Waals surface area (Å²) in [5.74, 6) is -0.977. The summed E-state index contributed by atoms with van der Waals surface area (Å²) >= 11 is 5.32. The van der Waals surface area contributed by atoms with E-state index in [0.717, 1.165) is 10.4 Å². The molecule has 1 rings (SSSR count). The van der Waals surface area contributed by atoms with E-state index in [1.807, 2.05) is 0 Å². The van der Waals surface area contributed by atoms with Crippen LogP contribution in [0.2, 0.25) is 0 Å². The van der Waals surface area contributed by atoms with Gasteiger partial charge in [-0.15, -0.1) is 0 Å². The molecule has 0 N–H and O–H groups in total. The van der Waals surface area contributed by atoms with Gasteiger partial charge in [0.25, 0.3) is 0 Å². The van der Waals surface area contributed by atoms with Crippen LogP contribution in [0.15, 0.2) is 24.3 Å². The molecule has 1 atom stereocenters. The molecule has 0 aliphatic rings. The Morgan fingerprint density at radius 3 is 2.44 bits per heavy atom. The molecule has 0 amide bonds. The molecule has 1 aromatic rings. The Balaban J connectivity index is 3.40. The first-order valence-corrected chi connectivity index (χ1v) is 7.26. The molecule has 1 aromatic carbocycles. The zero-order valence-corrected chi connectivity index (χ0v) is 11.5. The molecular formula is C11H13ClFNO3S. The van der Waals surface area contributed by atoms with E-state index in [9.17, 15) is 17.6 Å². The fourth-order valence-corrected chi connectivity index (χ4v) is 2.92. The number of anilines is 1. The van der Waals surface area contributed by atoms with Crippen LogP contribution < -0.4 is 4.31 Å². The molecule has 0 aliphatic carbocycles. The zero-order chi connectivity index (χ0) is 13.9. The van der Waals surface area contributed by atoms with Gasteiger partial charge < -0.3 is 0 Å². The first-order chi connectivity index (χ1) is 8.31. The molecule has 0 fully saturated rings. The topological polar surface area (TPSA) is 54.5 Å². The lowest BCUT2D eigenvalue weighted by Gasteiger charge is -2.27. The quantitative estimate of drug-likeness (QED) is 0.782. The maximum absolute atomic E-state index is 13.7. The standard InChI is InChI=1S/C11H13ClFNO3S/c1-3-18(16,17)14(8(2)11(12)15)10-7-5-4-6-9(10)13/h4-8H,3H2,1-2H3. The van der Waals surface area contributed by atoms with Gasteiger partial charge in [0.05, 0.1) is 11.4 Å². The van der Waals surface area contributed by atoms with Crippen LogP contribution in [0.1, 0.15) is 13.8 Å². The SMILES string of the molecule is CCS(=O)(=O)N(c1ccccc1F)C(C)C(=O)Cl. The number of carbonyl (C=O) groups excluding carboxylic acids is 1. The van der Waals surface area contributed by atoms with Gasteiger partial charge in [-0.1, -0.05) is 12.1 Å². The normalized spacial score (nSPS) is 13.1. The number of hydrogen-bond acceptors (Lipinski definition) is 3. The highest BCUT2D eigenvalue weighted by Gasteiger charge is 2.31. The Kier molecular flexibility index (Phi) is 4.70. The monoisotopic (exact) mass is 293 g/mol. The number of hydrogen-bond donors (Lipinski definition) is 0. The molecule has 0 radical (unpaired) electrons. The molecular weight excluding hydrogens is 281 g/mol. The smallest absolute Gasteiger partial charge is 0.245 e. The van der Waals surface area contributed by atoms with Crippen molar-refractivity contribution in [3.63, 3.8) is 0 Å². The van der Waals surface area contributed by atoms with Crippen LogP contribution in [0, 0.1) is 5.82 Å². The summed E-state index contributed by atoms with van der Waals surface area (Å²) in [7, 11) is -3.79. The van der Waals surface area contributed by atoms with Crippen LogP contribution in [-0.4, -0.2) is 25.5 Å². The van der Waals surface area contributed by atoms with Crippen LogP contribution in [0.3, 0.4) is 0 Å². The molecule has 0 saturated carbocycles. The maximum Gasteiger partial charge on any atom is 0.245 e. The molecule has 0 spiro atoms. The Hall–Kier alpha value is -1.14. The number of benzene rings is 1. The predicted octanol–water partition coefficient (Wildman–Crippen LogP) is 2.14. The second kappa shape index (κ2) is 5.67. The molecule has 0 aromatic heterocycles. The summed E-state index contributed by atoms with van der Waals surface area (Å²) in [5.41, 5.74) is -0.180. The van der Waals surface area contributed by atoms with Gasteiger partial charge in [-0.05, 0) is 37.6 Å². The van der Waals surface area contributed by atoms with E-state index in [1.165, 1.54) is 32.0 Å². The van der Waals surface area contributed by atoms with Gasteiger partial charge >= 0.3 is 0 Å². The van der Waals surface area contributed by atoms with E-state index in [-0.39, 0.29) is 11.4 Å². The number of rotatable bonds is 5. The summed E-state index contributed by atoms with van der Waals surface area (Å²) in [6.45, 7) is 2.73. The average molecular weight is 294 g/mol. The van der Waals surface area contributed by atoms with E-state index in [0.29, 0.717) is 0 Å². The molecule has 0 aliphatic heterocycles. The summed E-state index contributed by atoms with van der Waals surface area (Å²) in [6.07, 6.45) is 0. The largest absolute Gasteiger partial charge is 0.279 e. The second-order valence-electron chi connectivity index (χ2n) is 3.63. The van der Waals surface area contributed by atoms with E-state index in [4.69, 9.17) is 11.6 Å². The molecule has 0 saturated heterocycles. The number of para-hydroxylation sites is 1. The van der Waals surface area contributed by atoms with Crippen LogP contribution >= 0.6 is 11.6 Å². The van der Waals surface area contributed by atoms with Crippen LogP contribution in [-0.2, 0) is 14.8 Å². The lowest BCUT2D eigenvalue weighted by molar-refractivity contribution is -0.112. The van der Waals surface area contributed by atoms with Gasteiger partial charge in [-0.2, -0.15) is 0 Å². The lowest BCUT2D eigenvalue weighted by atomic mass is 10.2. The van der Waals surface area contributed by atoms with E-state index < -0.39 is 27.1 Å². The van der Waals surface area contributed by atoms with Gasteiger partial charge in [0.2, 0.25) is 15.3 Å². The zero-order valence-electron chi connectivity index (χ0n) is 9.93. The summed E-state index contributed by atoms with van der Waals surface area (Å²) < 4.78 is 38.3. The number of sulfonamides is 1. The van der Waals surface area contributed by atoms with Crippen LogP contribution in [0.4, 0.5) is 10.1 Å². The summed E-state index contributed by atoms with van der Waals surface area (Å²) in [4.78, 5) is 11.2. The Morgan fingerprint density at radius 2 is 2.00 bits per heavy atom.